The molecule has 0 radical (unpaired) electrons. The summed E-state index contributed by atoms with van der Waals surface area (Å²) in [5.41, 5.74) is 0. The van der Waals surface area contributed by atoms with Crippen molar-refractivity contribution in [1.82, 2.24) is 10.2 Å². The Labute approximate surface area is 168 Å². The van der Waals surface area contributed by atoms with Gasteiger partial charge in [0, 0.05) is 19.5 Å². The van der Waals surface area contributed by atoms with Crippen LogP contribution in [-0.4, -0.2) is 72.5 Å². The van der Waals surface area contributed by atoms with E-state index in [0.717, 1.165) is 19.4 Å². The van der Waals surface area contributed by atoms with Crippen molar-refractivity contribution in [3.05, 3.63) is 0 Å². The van der Waals surface area contributed by atoms with Gasteiger partial charge in [-0.2, -0.15) is 0 Å². The molecular weight excluding hydrogens is 360 g/mol. The number of carbonyl (C=O) groups excluding carboxylic acids is 2. The lowest BCUT2D eigenvalue weighted by Gasteiger charge is -2.44. The highest BCUT2D eigenvalue weighted by atomic mass is 16.5. The second-order valence-electron chi connectivity index (χ2n) is 8.54. The molecule has 2 heterocycles. The van der Waals surface area contributed by atoms with Gasteiger partial charge < -0.3 is 24.8 Å². The van der Waals surface area contributed by atoms with Crippen LogP contribution in [-0.2, 0) is 19.1 Å². The summed E-state index contributed by atoms with van der Waals surface area (Å²) in [6.45, 7) is 3.44. The number of ether oxygens (including phenoxy) is 2. The van der Waals surface area contributed by atoms with Crippen LogP contribution in [0.15, 0.2) is 0 Å². The van der Waals surface area contributed by atoms with E-state index in [1.54, 1.807) is 4.90 Å². The fourth-order valence-electron chi connectivity index (χ4n) is 4.76. The molecule has 7 heteroatoms. The molecule has 160 valence electrons. The maximum absolute atomic E-state index is 12.4. The number of nitrogens with one attached hydrogen (secondary N) is 1. The van der Waals surface area contributed by atoms with Gasteiger partial charge in [0.1, 0.15) is 6.10 Å². The summed E-state index contributed by atoms with van der Waals surface area (Å²) >= 11 is 0. The molecule has 0 aromatic heterocycles. The number of aliphatic hydroxyl groups is 1. The third-order valence-corrected chi connectivity index (χ3v) is 6.33. The fourth-order valence-corrected chi connectivity index (χ4v) is 4.76. The molecule has 0 aromatic carbocycles. The van der Waals surface area contributed by atoms with Gasteiger partial charge in [0.15, 0.2) is 0 Å². The zero-order valence-electron chi connectivity index (χ0n) is 17.1. The van der Waals surface area contributed by atoms with Gasteiger partial charge in [0.2, 0.25) is 11.8 Å². The van der Waals surface area contributed by atoms with E-state index in [1.165, 1.54) is 32.1 Å². The first kappa shape index (κ1) is 21.5. The molecule has 3 aliphatic rings. The van der Waals surface area contributed by atoms with E-state index in [4.69, 9.17) is 9.47 Å². The van der Waals surface area contributed by atoms with Crippen LogP contribution in [0.4, 0.5) is 0 Å². The Morgan fingerprint density at radius 3 is 2.64 bits per heavy atom. The maximum Gasteiger partial charge on any atom is 0.222 e. The number of amides is 2. The third-order valence-electron chi connectivity index (χ3n) is 6.33. The van der Waals surface area contributed by atoms with Gasteiger partial charge >= 0.3 is 0 Å². The smallest absolute Gasteiger partial charge is 0.222 e. The second kappa shape index (κ2) is 10.6. The van der Waals surface area contributed by atoms with Gasteiger partial charge in [-0.25, -0.2) is 0 Å². The normalized spacial score (nSPS) is 32.1. The summed E-state index contributed by atoms with van der Waals surface area (Å²) in [5, 5.41) is 13.1. The van der Waals surface area contributed by atoms with Crippen molar-refractivity contribution in [3.63, 3.8) is 0 Å². The van der Waals surface area contributed by atoms with E-state index in [1.807, 2.05) is 6.92 Å². The molecule has 3 fully saturated rings. The Kier molecular flexibility index (Phi) is 8.11. The molecule has 1 saturated carbocycles. The number of rotatable bonds is 5. The first-order valence-corrected chi connectivity index (χ1v) is 11.0. The van der Waals surface area contributed by atoms with Crippen molar-refractivity contribution >= 4 is 11.8 Å². The molecule has 0 bridgehead atoms. The van der Waals surface area contributed by atoms with Crippen LogP contribution in [0.5, 0.6) is 0 Å². The lowest BCUT2D eigenvalue weighted by atomic mass is 9.89. The first-order chi connectivity index (χ1) is 13.6. The Hall–Kier alpha value is -1.18. The van der Waals surface area contributed by atoms with Crippen LogP contribution in [0.1, 0.15) is 64.7 Å². The van der Waals surface area contributed by atoms with Crippen molar-refractivity contribution in [3.8, 4) is 0 Å². The standard InChI is InChI=1S/C21H36N2O5/c1-2-21(26)23-12-16(24)13-27-14-19-18(23)9-8-17(28-19)10-20(25)22-11-15-6-4-3-5-7-15/h15-19,24H,2-14H2,1H3,(H,22,25)/t16-,17-,18-,19+/m0/s1. The number of aliphatic hydroxyl groups excluding tert-OH is 1. The minimum Gasteiger partial charge on any atom is -0.389 e. The summed E-state index contributed by atoms with van der Waals surface area (Å²) in [5.74, 6) is 0.703. The average Bonchev–Trinajstić information content (AvgIpc) is 2.70. The Morgan fingerprint density at radius 2 is 1.89 bits per heavy atom. The quantitative estimate of drug-likeness (QED) is 0.737. The number of hydrogen-bond acceptors (Lipinski definition) is 5. The number of fused-ring (bicyclic) bond motifs is 1. The zero-order valence-corrected chi connectivity index (χ0v) is 17.1. The molecule has 3 rings (SSSR count). The van der Waals surface area contributed by atoms with Crippen molar-refractivity contribution in [2.75, 3.05) is 26.3 Å². The highest BCUT2D eigenvalue weighted by Gasteiger charge is 2.39. The highest BCUT2D eigenvalue weighted by Crippen LogP contribution is 2.28. The predicted molar refractivity (Wildman–Crippen MR) is 105 cm³/mol. The largest absolute Gasteiger partial charge is 0.389 e. The molecule has 0 unspecified atom stereocenters. The number of carbonyl (C=O) groups is 2. The summed E-state index contributed by atoms with van der Waals surface area (Å²) in [7, 11) is 0. The molecule has 2 N–H and O–H groups in total. The third kappa shape index (κ3) is 5.91. The molecule has 2 amide bonds. The van der Waals surface area contributed by atoms with E-state index < -0.39 is 6.10 Å². The lowest BCUT2D eigenvalue weighted by Crippen LogP contribution is -2.57. The number of β-amino-alcohol motifs (C(OH)–C–C–N with tert-alkyl or cyclic N) is 1. The van der Waals surface area contributed by atoms with Gasteiger partial charge in [0.05, 0.1) is 37.9 Å². The highest BCUT2D eigenvalue weighted by molar-refractivity contribution is 5.77. The molecule has 2 saturated heterocycles. The molecular formula is C21H36N2O5. The van der Waals surface area contributed by atoms with E-state index in [2.05, 4.69) is 5.32 Å². The van der Waals surface area contributed by atoms with Crippen LogP contribution >= 0.6 is 0 Å². The van der Waals surface area contributed by atoms with E-state index in [-0.39, 0.29) is 43.2 Å². The van der Waals surface area contributed by atoms with Gasteiger partial charge in [0.25, 0.3) is 0 Å². The number of nitrogens with zero attached hydrogens (tertiary/aromatic N) is 1. The van der Waals surface area contributed by atoms with E-state index >= 15 is 0 Å². The van der Waals surface area contributed by atoms with Crippen molar-refractivity contribution in [1.29, 1.82) is 0 Å². The molecule has 1 aliphatic carbocycles. The van der Waals surface area contributed by atoms with Crippen molar-refractivity contribution in [2.24, 2.45) is 5.92 Å². The van der Waals surface area contributed by atoms with Crippen LogP contribution in [0.25, 0.3) is 0 Å². The molecule has 0 aromatic rings. The van der Waals surface area contributed by atoms with E-state index in [9.17, 15) is 14.7 Å². The van der Waals surface area contributed by atoms with Crippen molar-refractivity contribution < 1.29 is 24.2 Å². The van der Waals surface area contributed by atoms with Crippen LogP contribution in [0.3, 0.4) is 0 Å². The molecule has 0 spiro atoms. The van der Waals surface area contributed by atoms with Crippen LogP contribution in [0.2, 0.25) is 0 Å². The monoisotopic (exact) mass is 396 g/mol. The van der Waals surface area contributed by atoms with Crippen LogP contribution in [0, 0.1) is 5.92 Å². The zero-order chi connectivity index (χ0) is 19.9. The van der Waals surface area contributed by atoms with Gasteiger partial charge in [-0.15, -0.1) is 0 Å². The topological polar surface area (TPSA) is 88.1 Å². The Balaban J connectivity index is 1.50. The maximum atomic E-state index is 12.4. The summed E-state index contributed by atoms with van der Waals surface area (Å²) in [4.78, 5) is 26.5. The fraction of sp³-hybridized carbons (Fsp3) is 0.905. The first-order valence-electron chi connectivity index (χ1n) is 11.0. The van der Waals surface area contributed by atoms with E-state index in [0.29, 0.717) is 25.4 Å². The van der Waals surface area contributed by atoms with Gasteiger partial charge in [-0.1, -0.05) is 26.2 Å². The SMILES string of the molecule is CCC(=O)N1C[C@H](O)COC[C@H]2O[C@H](CC(=O)NCC3CCCCC3)CC[C@@H]21. The Bertz CT molecular complexity index is 523. The summed E-state index contributed by atoms with van der Waals surface area (Å²) in [6.07, 6.45) is 7.53. The summed E-state index contributed by atoms with van der Waals surface area (Å²) < 4.78 is 11.8. The minimum absolute atomic E-state index is 0.0308. The second-order valence-corrected chi connectivity index (χ2v) is 8.54. The average molecular weight is 397 g/mol. The number of hydrogen-bond donors (Lipinski definition) is 2. The predicted octanol–water partition coefficient (Wildman–Crippen LogP) is 1.62. The van der Waals surface area contributed by atoms with Crippen molar-refractivity contribution in [2.45, 2.75) is 89.1 Å². The Morgan fingerprint density at radius 1 is 1.11 bits per heavy atom. The molecule has 28 heavy (non-hydrogen) atoms. The van der Waals surface area contributed by atoms with Crippen LogP contribution < -0.4 is 5.32 Å². The van der Waals surface area contributed by atoms with Gasteiger partial charge in [-0.3, -0.25) is 9.59 Å². The summed E-state index contributed by atoms with van der Waals surface area (Å²) in [6, 6.07) is -0.0936. The minimum atomic E-state index is -0.667. The lowest BCUT2D eigenvalue weighted by molar-refractivity contribution is -0.169. The molecule has 7 nitrogen and oxygen atoms in total. The molecule has 4 atom stereocenters. The van der Waals surface area contributed by atoms with Gasteiger partial charge in [-0.05, 0) is 31.6 Å². The molecule has 2 aliphatic heterocycles.